The van der Waals surface area contributed by atoms with Crippen LogP contribution in [0.2, 0.25) is 5.02 Å². The molecule has 0 aliphatic carbocycles. The number of hydrogen-bond donors (Lipinski definition) is 2. The summed E-state index contributed by atoms with van der Waals surface area (Å²) in [5.41, 5.74) is -0.0529. The van der Waals surface area contributed by atoms with Gasteiger partial charge in [0.2, 0.25) is 5.78 Å². The van der Waals surface area contributed by atoms with E-state index in [-0.39, 0.29) is 11.3 Å². The summed E-state index contributed by atoms with van der Waals surface area (Å²) < 4.78 is 28.2. The van der Waals surface area contributed by atoms with Gasteiger partial charge in [-0.2, -0.15) is 0 Å². The Morgan fingerprint density at radius 3 is 2.86 bits per heavy atom. The minimum Gasteiger partial charge on any atom is -0.386 e. The highest BCUT2D eigenvalue weighted by Gasteiger charge is 2.24. The van der Waals surface area contributed by atoms with Crippen molar-refractivity contribution in [1.29, 1.82) is 0 Å². The van der Waals surface area contributed by atoms with Gasteiger partial charge in [-0.25, -0.2) is 13.8 Å². The molecule has 112 valence electrons. The standard InChI is InChI=1S/C15H10ClF2N3O/c1-19-11-3-2-10(17)12(13(11)18)14(22)9-6-21-15-8(9)4-7(16)5-20-15/h2-6,19H,1H3,(H,20,21). The Bertz CT molecular complexity index is 892. The molecule has 2 heterocycles. The summed E-state index contributed by atoms with van der Waals surface area (Å²) in [5, 5.41) is 3.31. The second-order valence-electron chi connectivity index (χ2n) is 4.62. The van der Waals surface area contributed by atoms with Gasteiger partial charge in [0, 0.05) is 30.4 Å². The third-order valence-corrected chi connectivity index (χ3v) is 3.54. The van der Waals surface area contributed by atoms with Crippen molar-refractivity contribution in [3.8, 4) is 0 Å². The first-order valence-corrected chi connectivity index (χ1v) is 6.73. The third kappa shape index (κ3) is 2.21. The first-order chi connectivity index (χ1) is 10.5. The molecule has 0 aliphatic rings. The summed E-state index contributed by atoms with van der Waals surface area (Å²) in [7, 11) is 1.49. The number of pyridine rings is 1. The lowest BCUT2D eigenvalue weighted by Gasteiger charge is -2.08. The number of benzene rings is 1. The highest BCUT2D eigenvalue weighted by atomic mass is 35.5. The SMILES string of the molecule is CNc1ccc(F)c(C(=O)c2c[nH]c3ncc(Cl)cc23)c1F. The van der Waals surface area contributed by atoms with E-state index in [1.54, 1.807) is 0 Å². The van der Waals surface area contributed by atoms with Crippen molar-refractivity contribution in [3.05, 3.63) is 58.4 Å². The molecular weight excluding hydrogens is 312 g/mol. The number of anilines is 1. The van der Waals surface area contributed by atoms with Gasteiger partial charge in [-0.3, -0.25) is 4.79 Å². The molecule has 2 aromatic heterocycles. The van der Waals surface area contributed by atoms with Crippen LogP contribution in [-0.4, -0.2) is 22.8 Å². The second-order valence-corrected chi connectivity index (χ2v) is 5.05. The average Bonchev–Trinajstić information content (AvgIpc) is 2.90. The molecule has 0 aliphatic heterocycles. The molecule has 0 radical (unpaired) electrons. The average molecular weight is 322 g/mol. The van der Waals surface area contributed by atoms with Gasteiger partial charge in [0.1, 0.15) is 11.5 Å². The Balaban J connectivity index is 2.20. The van der Waals surface area contributed by atoms with Gasteiger partial charge in [0.25, 0.3) is 0 Å². The van der Waals surface area contributed by atoms with Gasteiger partial charge in [0.15, 0.2) is 5.82 Å². The van der Waals surface area contributed by atoms with E-state index in [4.69, 9.17) is 11.6 Å². The molecule has 3 aromatic rings. The number of nitrogens with one attached hydrogen (secondary N) is 2. The van der Waals surface area contributed by atoms with Crippen LogP contribution in [0.15, 0.2) is 30.6 Å². The molecule has 22 heavy (non-hydrogen) atoms. The molecule has 0 fully saturated rings. The van der Waals surface area contributed by atoms with E-state index in [1.807, 2.05) is 0 Å². The first-order valence-electron chi connectivity index (χ1n) is 6.36. The summed E-state index contributed by atoms with van der Waals surface area (Å²) in [6, 6.07) is 3.79. The van der Waals surface area contributed by atoms with Crippen LogP contribution in [0.3, 0.4) is 0 Å². The molecule has 1 aromatic carbocycles. The van der Waals surface area contributed by atoms with Crippen LogP contribution < -0.4 is 5.32 Å². The Hall–Kier alpha value is -2.47. The smallest absolute Gasteiger partial charge is 0.201 e. The van der Waals surface area contributed by atoms with Gasteiger partial charge < -0.3 is 10.3 Å². The van der Waals surface area contributed by atoms with E-state index >= 15 is 0 Å². The molecule has 4 nitrogen and oxygen atoms in total. The summed E-state index contributed by atoms with van der Waals surface area (Å²) in [6.07, 6.45) is 2.78. The molecule has 0 bridgehead atoms. The molecule has 2 N–H and O–H groups in total. The fraction of sp³-hybridized carbons (Fsp3) is 0.0667. The van der Waals surface area contributed by atoms with Crippen molar-refractivity contribution in [1.82, 2.24) is 9.97 Å². The number of H-pyrrole nitrogens is 1. The van der Waals surface area contributed by atoms with Crippen LogP contribution in [0.4, 0.5) is 14.5 Å². The van der Waals surface area contributed by atoms with E-state index in [1.165, 1.54) is 31.6 Å². The number of carbonyl (C=O) groups is 1. The van der Waals surface area contributed by atoms with Crippen molar-refractivity contribution in [2.75, 3.05) is 12.4 Å². The molecule has 0 atom stereocenters. The quantitative estimate of drug-likeness (QED) is 0.722. The van der Waals surface area contributed by atoms with Crippen LogP contribution in [-0.2, 0) is 0 Å². The van der Waals surface area contributed by atoms with E-state index in [0.717, 1.165) is 6.07 Å². The predicted octanol–water partition coefficient (Wildman–Crippen LogP) is 3.77. The zero-order valence-corrected chi connectivity index (χ0v) is 12.1. The molecule has 0 unspecified atom stereocenters. The fourth-order valence-electron chi connectivity index (χ4n) is 2.25. The van der Waals surface area contributed by atoms with Crippen LogP contribution in [0.25, 0.3) is 11.0 Å². The topological polar surface area (TPSA) is 57.8 Å². The van der Waals surface area contributed by atoms with Crippen LogP contribution >= 0.6 is 11.6 Å². The zero-order chi connectivity index (χ0) is 15.9. The number of nitrogens with zero attached hydrogens (tertiary/aromatic N) is 1. The first kappa shape index (κ1) is 14.5. The van der Waals surface area contributed by atoms with Crippen LogP contribution in [0, 0.1) is 11.6 Å². The maximum absolute atomic E-state index is 14.3. The number of carbonyl (C=O) groups excluding carboxylic acids is 1. The number of aromatic nitrogens is 2. The van der Waals surface area contributed by atoms with Crippen molar-refractivity contribution >= 4 is 34.1 Å². The van der Waals surface area contributed by atoms with Crippen LogP contribution in [0.5, 0.6) is 0 Å². The van der Waals surface area contributed by atoms with Gasteiger partial charge in [-0.05, 0) is 18.2 Å². The molecule has 0 saturated heterocycles. The van der Waals surface area contributed by atoms with E-state index in [0.29, 0.717) is 16.1 Å². The lowest BCUT2D eigenvalue weighted by Crippen LogP contribution is -2.09. The minimum atomic E-state index is -0.933. The summed E-state index contributed by atoms with van der Waals surface area (Å²) >= 11 is 5.86. The van der Waals surface area contributed by atoms with Gasteiger partial charge in [0.05, 0.1) is 16.3 Å². The minimum absolute atomic E-state index is 0.0424. The molecule has 7 heteroatoms. The molecule has 0 amide bonds. The Kier molecular flexibility index (Phi) is 3.54. The Labute approximate surface area is 129 Å². The second kappa shape index (κ2) is 5.38. The van der Waals surface area contributed by atoms with Crippen LogP contribution in [0.1, 0.15) is 15.9 Å². The van der Waals surface area contributed by atoms with Crippen molar-refractivity contribution < 1.29 is 13.6 Å². The van der Waals surface area contributed by atoms with Gasteiger partial charge >= 0.3 is 0 Å². The fourth-order valence-corrected chi connectivity index (χ4v) is 2.41. The predicted molar refractivity (Wildman–Crippen MR) is 80.4 cm³/mol. The molecule has 3 rings (SSSR count). The maximum Gasteiger partial charge on any atom is 0.201 e. The lowest BCUT2D eigenvalue weighted by molar-refractivity contribution is 0.103. The van der Waals surface area contributed by atoms with Crippen molar-refractivity contribution in [2.24, 2.45) is 0 Å². The number of aromatic amines is 1. The number of halogens is 3. The van der Waals surface area contributed by atoms with E-state index < -0.39 is 23.0 Å². The molecule has 0 saturated carbocycles. The largest absolute Gasteiger partial charge is 0.386 e. The normalized spacial score (nSPS) is 10.9. The van der Waals surface area contributed by atoms with E-state index in [9.17, 15) is 13.6 Å². The van der Waals surface area contributed by atoms with E-state index in [2.05, 4.69) is 15.3 Å². The summed E-state index contributed by atoms with van der Waals surface area (Å²) in [5.74, 6) is -2.63. The summed E-state index contributed by atoms with van der Waals surface area (Å²) in [4.78, 5) is 19.3. The lowest BCUT2D eigenvalue weighted by atomic mass is 10.0. The molecule has 0 spiro atoms. The van der Waals surface area contributed by atoms with Gasteiger partial charge in [-0.15, -0.1) is 0 Å². The number of fused-ring (bicyclic) bond motifs is 1. The molecular formula is C15H10ClF2N3O. The highest BCUT2D eigenvalue weighted by molar-refractivity contribution is 6.31. The highest BCUT2D eigenvalue weighted by Crippen LogP contribution is 2.27. The monoisotopic (exact) mass is 321 g/mol. The number of rotatable bonds is 3. The maximum atomic E-state index is 14.3. The number of ketones is 1. The Morgan fingerprint density at radius 1 is 1.36 bits per heavy atom. The third-order valence-electron chi connectivity index (χ3n) is 3.33. The van der Waals surface area contributed by atoms with Crippen molar-refractivity contribution in [2.45, 2.75) is 0 Å². The van der Waals surface area contributed by atoms with Gasteiger partial charge in [-0.1, -0.05) is 11.6 Å². The summed E-state index contributed by atoms with van der Waals surface area (Å²) in [6.45, 7) is 0. The van der Waals surface area contributed by atoms with Crippen molar-refractivity contribution in [3.63, 3.8) is 0 Å². The number of hydrogen-bond acceptors (Lipinski definition) is 3. The zero-order valence-electron chi connectivity index (χ0n) is 11.4. The Morgan fingerprint density at radius 2 is 2.14 bits per heavy atom.